The summed E-state index contributed by atoms with van der Waals surface area (Å²) in [5, 5.41) is 2.70. The van der Waals surface area contributed by atoms with Crippen LogP contribution in [-0.2, 0) is 6.54 Å². The molecule has 0 aliphatic rings. The average molecular weight is 251 g/mol. The van der Waals surface area contributed by atoms with Gasteiger partial charge in [0.05, 0.1) is 0 Å². The molecule has 1 aromatic carbocycles. The van der Waals surface area contributed by atoms with Crippen LogP contribution in [0.25, 0.3) is 0 Å². The Hall–Kier alpha value is -1.95. The van der Waals surface area contributed by atoms with Crippen LogP contribution in [-0.4, -0.2) is 10.3 Å². The second-order valence-corrected chi connectivity index (χ2v) is 4.23. The molecule has 0 saturated heterocycles. The van der Waals surface area contributed by atoms with E-state index in [4.69, 9.17) is 5.73 Å². The van der Waals surface area contributed by atoms with Crippen molar-refractivity contribution in [3.8, 4) is 0 Å². The van der Waals surface area contributed by atoms with E-state index in [1.54, 1.807) is 12.1 Å². The van der Waals surface area contributed by atoms with Crippen molar-refractivity contribution in [2.45, 2.75) is 6.54 Å². The highest BCUT2D eigenvalue weighted by molar-refractivity contribution is 7.08. The van der Waals surface area contributed by atoms with Crippen LogP contribution < -0.4 is 11.1 Å². The van der Waals surface area contributed by atoms with E-state index < -0.39 is 0 Å². The third-order valence-electron chi connectivity index (χ3n) is 2.12. The Morgan fingerprint density at radius 2 is 2.12 bits per heavy atom. The molecule has 0 aliphatic heterocycles. The van der Waals surface area contributed by atoms with Crippen molar-refractivity contribution >= 4 is 23.3 Å². The van der Waals surface area contributed by atoms with Gasteiger partial charge >= 0.3 is 0 Å². The molecule has 17 heavy (non-hydrogen) atoms. The molecule has 2 rings (SSSR count). The zero-order valence-corrected chi connectivity index (χ0v) is 9.63. The summed E-state index contributed by atoms with van der Waals surface area (Å²) < 4.78 is 16.5. The van der Waals surface area contributed by atoms with E-state index in [1.165, 1.54) is 18.2 Å². The molecule has 0 unspecified atom stereocenters. The monoisotopic (exact) mass is 251 g/mol. The summed E-state index contributed by atoms with van der Waals surface area (Å²) in [6.45, 7) is 0.344. The van der Waals surface area contributed by atoms with Crippen molar-refractivity contribution < 1.29 is 9.18 Å². The standard InChI is InChI=1S/C11H10FN3OS/c12-8-3-1-7(2-4-8)6-14-11(16)9-5-10(13)15-17-9/h1-5H,6H2,(H2,13,15)(H,14,16). The summed E-state index contributed by atoms with van der Waals surface area (Å²) in [6, 6.07) is 7.47. The van der Waals surface area contributed by atoms with Gasteiger partial charge in [-0.3, -0.25) is 4.79 Å². The van der Waals surface area contributed by atoms with Gasteiger partial charge in [-0.15, -0.1) is 0 Å². The van der Waals surface area contributed by atoms with Crippen molar-refractivity contribution in [3.63, 3.8) is 0 Å². The minimum absolute atomic E-state index is 0.233. The van der Waals surface area contributed by atoms with E-state index in [0.29, 0.717) is 17.2 Å². The maximum Gasteiger partial charge on any atom is 0.263 e. The second-order valence-electron chi connectivity index (χ2n) is 3.43. The Bertz CT molecular complexity index is 524. The minimum atomic E-state index is -0.296. The smallest absolute Gasteiger partial charge is 0.263 e. The van der Waals surface area contributed by atoms with Gasteiger partial charge in [-0.25, -0.2) is 4.39 Å². The topological polar surface area (TPSA) is 68.0 Å². The van der Waals surface area contributed by atoms with E-state index in [0.717, 1.165) is 17.1 Å². The van der Waals surface area contributed by atoms with Gasteiger partial charge in [-0.05, 0) is 29.2 Å². The fraction of sp³-hybridized carbons (Fsp3) is 0.0909. The van der Waals surface area contributed by atoms with Crippen molar-refractivity contribution in [2.75, 3.05) is 5.73 Å². The van der Waals surface area contributed by atoms with Crippen LogP contribution in [0.4, 0.5) is 10.2 Å². The first-order valence-electron chi connectivity index (χ1n) is 4.90. The lowest BCUT2D eigenvalue weighted by atomic mass is 10.2. The van der Waals surface area contributed by atoms with Crippen LogP contribution in [0.2, 0.25) is 0 Å². The van der Waals surface area contributed by atoms with Crippen LogP contribution in [0.15, 0.2) is 30.3 Å². The quantitative estimate of drug-likeness (QED) is 0.874. The van der Waals surface area contributed by atoms with Gasteiger partial charge in [0.15, 0.2) is 0 Å². The Labute approximate surface area is 101 Å². The number of halogens is 1. The zero-order valence-electron chi connectivity index (χ0n) is 8.81. The number of rotatable bonds is 3. The predicted molar refractivity (Wildman–Crippen MR) is 64.1 cm³/mol. The van der Waals surface area contributed by atoms with Crippen LogP contribution in [0.3, 0.4) is 0 Å². The van der Waals surface area contributed by atoms with Crippen LogP contribution in [0.5, 0.6) is 0 Å². The largest absolute Gasteiger partial charge is 0.383 e. The molecule has 0 fully saturated rings. The molecule has 0 atom stereocenters. The van der Waals surface area contributed by atoms with Crippen LogP contribution in [0.1, 0.15) is 15.2 Å². The van der Waals surface area contributed by atoms with E-state index in [-0.39, 0.29) is 11.7 Å². The van der Waals surface area contributed by atoms with Crippen LogP contribution in [0, 0.1) is 5.82 Å². The Balaban J connectivity index is 1.94. The lowest BCUT2D eigenvalue weighted by Crippen LogP contribution is -2.21. The predicted octanol–water partition coefficient (Wildman–Crippen LogP) is 1.79. The highest BCUT2D eigenvalue weighted by atomic mass is 32.1. The number of carbonyl (C=O) groups excluding carboxylic acids is 1. The molecule has 1 amide bonds. The first-order valence-corrected chi connectivity index (χ1v) is 5.67. The highest BCUT2D eigenvalue weighted by Gasteiger charge is 2.08. The Morgan fingerprint density at radius 1 is 1.41 bits per heavy atom. The third-order valence-corrected chi connectivity index (χ3v) is 2.92. The summed E-state index contributed by atoms with van der Waals surface area (Å²) in [7, 11) is 0. The van der Waals surface area contributed by atoms with Gasteiger partial charge in [0.25, 0.3) is 5.91 Å². The third kappa shape index (κ3) is 3.01. The number of nitrogens with one attached hydrogen (secondary N) is 1. The molecule has 3 N–H and O–H groups in total. The summed E-state index contributed by atoms with van der Waals surface area (Å²) >= 11 is 1.05. The van der Waals surface area contributed by atoms with E-state index >= 15 is 0 Å². The van der Waals surface area contributed by atoms with Gasteiger partial charge in [0.2, 0.25) is 0 Å². The van der Waals surface area contributed by atoms with Crippen molar-refractivity contribution in [3.05, 3.63) is 46.6 Å². The molecule has 0 aliphatic carbocycles. The number of benzene rings is 1. The van der Waals surface area contributed by atoms with E-state index in [9.17, 15) is 9.18 Å². The fourth-order valence-electron chi connectivity index (χ4n) is 1.27. The Kier molecular flexibility index (Phi) is 3.34. The number of nitrogen functional groups attached to an aromatic ring is 1. The Morgan fingerprint density at radius 3 is 2.71 bits per heavy atom. The maximum atomic E-state index is 12.6. The summed E-state index contributed by atoms with van der Waals surface area (Å²) in [5.41, 5.74) is 6.25. The SMILES string of the molecule is Nc1cc(C(=O)NCc2ccc(F)cc2)sn1. The molecular weight excluding hydrogens is 241 g/mol. The minimum Gasteiger partial charge on any atom is -0.383 e. The molecule has 0 saturated carbocycles. The summed E-state index contributed by atoms with van der Waals surface area (Å²) in [6.07, 6.45) is 0. The highest BCUT2D eigenvalue weighted by Crippen LogP contribution is 2.11. The number of amides is 1. The van der Waals surface area contributed by atoms with Crippen LogP contribution >= 0.6 is 11.5 Å². The molecule has 0 bridgehead atoms. The summed E-state index contributed by atoms with van der Waals surface area (Å²) in [4.78, 5) is 12.1. The van der Waals surface area contributed by atoms with E-state index in [2.05, 4.69) is 9.69 Å². The lowest BCUT2D eigenvalue weighted by molar-refractivity contribution is 0.0955. The van der Waals surface area contributed by atoms with Gasteiger partial charge in [0, 0.05) is 12.6 Å². The number of aromatic nitrogens is 1. The second kappa shape index (κ2) is 4.92. The molecule has 1 aromatic heterocycles. The molecular formula is C11H10FN3OS. The molecule has 0 spiro atoms. The molecule has 2 aromatic rings. The van der Waals surface area contributed by atoms with E-state index in [1.807, 2.05) is 0 Å². The van der Waals surface area contributed by atoms with Gasteiger partial charge in [-0.2, -0.15) is 4.37 Å². The lowest BCUT2D eigenvalue weighted by Gasteiger charge is -2.03. The number of carbonyl (C=O) groups is 1. The molecule has 1 heterocycles. The average Bonchev–Trinajstić information content (AvgIpc) is 2.75. The summed E-state index contributed by atoms with van der Waals surface area (Å²) in [5.74, 6) is -0.194. The number of hydrogen-bond acceptors (Lipinski definition) is 4. The molecule has 4 nitrogen and oxygen atoms in total. The molecule has 0 radical (unpaired) electrons. The van der Waals surface area contributed by atoms with Crippen molar-refractivity contribution in [1.82, 2.24) is 9.69 Å². The van der Waals surface area contributed by atoms with Crippen molar-refractivity contribution in [1.29, 1.82) is 0 Å². The zero-order chi connectivity index (χ0) is 12.3. The number of anilines is 1. The number of nitrogens with two attached hydrogens (primary N) is 1. The van der Waals surface area contributed by atoms with Crippen molar-refractivity contribution in [2.24, 2.45) is 0 Å². The number of nitrogens with zero attached hydrogens (tertiary/aromatic N) is 1. The van der Waals surface area contributed by atoms with Gasteiger partial charge < -0.3 is 11.1 Å². The number of hydrogen-bond donors (Lipinski definition) is 2. The normalized spacial score (nSPS) is 10.2. The first kappa shape index (κ1) is 11.5. The maximum absolute atomic E-state index is 12.6. The van der Waals surface area contributed by atoms with Gasteiger partial charge in [-0.1, -0.05) is 12.1 Å². The molecule has 88 valence electrons. The molecule has 6 heteroatoms. The fourth-order valence-corrected chi connectivity index (χ4v) is 1.85. The first-order chi connectivity index (χ1) is 8.15. The van der Waals surface area contributed by atoms with Gasteiger partial charge in [0.1, 0.15) is 16.5 Å².